The zero-order valence-electron chi connectivity index (χ0n) is 9.95. The van der Waals surface area contributed by atoms with Gasteiger partial charge in [0.2, 0.25) is 0 Å². The van der Waals surface area contributed by atoms with Crippen LogP contribution >= 0.6 is 15.9 Å². The molecule has 1 rings (SSSR count). The van der Waals surface area contributed by atoms with E-state index in [1.54, 1.807) is 0 Å². The first kappa shape index (κ1) is 13.6. The van der Waals surface area contributed by atoms with Crippen LogP contribution in [0.4, 0.5) is 0 Å². The fourth-order valence-electron chi connectivity index (χ4n) is 1.01. The Hall–Kier alpha value is -0.480. The van der Waals surface area contributed by atoms with Gasteiger partial charge in [-0.2, -0.15) is 4.40 Å². The Morgan fingerprint density at radius 3 is 2.19 bits per heavy atom. The lowest BCUT2D eigenvalue weighted by Gasteiger charge is -2.14. The Bertz CT molecular complexity index is 418. The van der Waals surface area contributed by atoms with Gasteiger partial charge >= 0.3 is 0 Å². The standard InChI is InChI=1S/C12H16BrNOS/c1-9(14-16(15)12(2,3)4)10-5-7-11(13)8-6-10/h5-8H,1-4H3/t16-/m0/s1. The van der Waals surface area contributed by atoms with Crippen molar-refractivity contribution in [3.63, 3.8) is 0 Å². The summed E-state index contributed by atoms with van der Waals surface area (Å²) < 4.78 is 16.8. The SMILES string of the molecule is CC(=N[S@@](=O)C(C)(C)C)c1ccc(Br)cc1. The van der Waals surface area contributed by atoms with E-state index in [0.717, 1.165) is 15.7 Å². The average Bonchev–Trinajstić information content (AvgIpc) is 2.17. The van der Waals surface area contributed by atoms with Crippen LogP contribution in [-0.4, -0.2) is 14.7 Å². The van der Waals surface area contributed by atoms with E-state index >= 15 is 0 Å². The van der Waals surface area contributed by atoms with E-state index in [1.165, 1.54) is 0 Å². The van der Waals surface area contributed by atoms with E-state index in [9.17, 15) is 4.21 Å². The highest BCUT2D eigenvalue weighted by Gasteiger charge is 2.19. The average molecular weight is 302 g/mol. The van der Waals surface area contributed by atoms with Crippen molar-refractivity contribution in [1.29, 1.82) is 0 Å². The number of nitrogens with zero attached hydrogens (tertiary/aromatic N) is 1. The molecule has 0 aromatic heterocycles. The second kappa shape index (κ2) is 5.23. The molecular formula is C12H16BrNOS. The van der Waals surface area contributed by atoms with Crippen LogP contribution in [0.1, 0.15) is 33.3 Å². The molecule has 0 saturated carbocycles. The van der Waals surface area contributed by atoms with Crippen molar-refractivity contribution in [2.24, 2.45) is 4.40 Å². The fraction of sp³-hybridized carbons (Fsp3) is 0.417. The van der Waals surface area contributed by atoms with Crippen LogP contribution in [0.3, 0.4) is 0 Å². The molecule has 1 aromatic rings. The van der Waals surface area contributed by atoms with Crippen LogP contribution < -0.4 is 0 Å². The third-order valence-electron chi connectivity index (χ3n) is 2.01. The lowest BCUT2D eigenvalue weighted by Crippen LogP contribution is -2.20. The summed E-state index contributed by atoms with van der Waals surface area (Å²) in [5, 5.41) is 0. The highest BCUT2D eigenvalue weighted by molar-refractivity contribution is 9.10. The van der Waals surface area contributed by atoms with Gasteiger partial charge in [0.25, 0.3) is 0 Å². The van der Waals surface area contributed by atoms with Gasteiger partial charge in [0.1, 0.15) is 11.0 Å². The molecule has 0 bridgehead atoms. The summed E-state index contributed by atoms with van der Waals surface area (Å²) in [7, 11) is -1.20. The zero-order chi connectivity index (χ0) is 12.3. The molecule has 0 saturated heterocycles. The predicted molar refractivity (Wildman–Crippen MR) is 74.2 cm³/mol. The topological polar surface area (TPSA) is 29.4 Å². The summed E-state index contributed by atoms with van der Waals surface area (Å²) >= 11 is 3.38. The van der Waals surface area contributed by atoms with Gasteiger partial charge in [-0.3, -0.25) is 0 Å². The van der Waals surface area contributed by atoms with Crippen LogP contribution in [-0.2, 0) is 11.0 Å². The molecule has 0 aliphatic heterocycles. The number of halogens is 1. The molecule has 0 radical (unpaired) electrons. The molecule has 4 heteroatoms. The molecule has 1 aromatic carbocycles. The molecule has 0 heterocycles. The van der Waals surface area contributed by atoms with Crippen molar-refractivity contribution >= 4 is 32.6 Å². The van der Waals surface area contributed by atoms with Crippen LogP contribution in [0.5, 0.6) is 0 Å². The highest BCUT2D eigenvalue weighted by Crippen LogP contribution is 2.15. The second-order valence-electron chi connectivity index (χ2n) is 4.55. The minimum absolute atomic E-state index is 0.309. The highest BCUT2D eigenvalue weighted by atomic mass is 79.9. The van der Waals surface area contributed by atoms with Crippen molar-refractivity contribution in [3.8, 4) is 0 Å². The molecule has 0 N–H and O–H groups in total. The maximum Gasteiger partial charge on any atom is 0.145 e. The molecule has 1 atom stereocenters. The van der Waals surface area contributed by atoms with Crippen LogP contribution in [0, 0.1) is 0 Å². The lowest BCUT2D eigenvalue weighted by molar-refractivity contribution is 0.650. The Labute approximate surface area is 108 Å². The minimum Gasteiger partial charge on any atom is -0.234 e. The molecule has 0 spiro atoms. The van der Waals surface area contributed by atoms with Crippen molar-refractivity contribution in [3.05, 3.63) is 34.3 Å². The molecule has 16 heavy (non-hydrogen) atoms. The predicted octanol–water partition coefficient (Wildman–Crippen LogP) is 3.72. The number of hydrogen-bond donors (Lipinski definition) is 0. The van der Waals surface area contributed by atoms with E-state index in [2.05, 4.69) is 20.3 Å². The summed E-state index contributed by atoms with van der Waals surface area (Å²) in [5.41, 5.74) is 1.81. The van der Waals surface area contributed by atoms with Gasteiger partial charge in [-0.1, -0.05) is 28.1 Å². The summed E-state index contributed by atoms with van der Waals surface area (Å²) in [6, 6.07) is 7.83. The van der Waals surface area contributed by atoms with Crippen molar-refractivity contribution in [2.45, 2.75) is 32.4 Å². The van der Waals surface area contributed by atoms with Gasteiger partial charge in [0.15, 0.2) is 0 Å². The maximum absolute atomic E-state index is 11.8. The molecule has 2 nitrogen and oxygen atoms in total. The minimum atomic E-state index is -1.20. The third kappa shape index (κ3) is 3.83. The Kier molecular flexibility index (Phi) is 4.44. The number of hydrogen-bond acceptors (Lipinski definition) is 1. The summed E-state index contributed by atoms with van der Waals surface area (Å²) in [6.07, 6.45) is 0. The van der Waals surface area contributed by atoms with Crippen molar-refractivity contribution in [2.75, 3.05) is 0 Å². The van der Waals surface area contributed by atoms with E-state index in [4.69, 9.17) is 0 Å². The Morgan fingerprint density at radius 1 is 1.25 bits per heavy atom. The summed E-state index contributed by atoms with van der Waals surface area (Å²) in [6.45, 7) is 7.64. The quantitative estimate of drug-likeness (QED) is 0.766. The third-order valence-corrected chi connectivity index (χ3v) is 4.02. The van der Waals surface area contributed by atoms with Crippen LogP contribution in [0.25, 0.3) is 0 Å². The monoisotopic (exact) mass is 301 g/mol. The smallest absolute Gasteiger partial charge is 0.145 e. The van der Waals surface area contributed by atoms with Crippen LogP contribution in [0.2, 0.25) is 0 Å². The first-order valence-electron chi connectivity index (χ1n) is 5.04. The van der Waals surface area contributed by atoms with E-state index in [0.29, 0.717) is 0 Å². The van der Waals surface area contributed by atoms with Gasteiger partial charge in [0.05, 0.1) is 10.5 Å². The largest absolute Gasteiger partial charge is 0.234 e. The molecule has 0 aliphatic rings. The summed E-state index contributed by atoms with van der Waals surface area (Å²) in [5.74, 6) is 0. The van der Waals surface area contributed by atoms with Gasteiger partial charge in [-0.25, -0.2) is 4.21 Å². The fourth-order valence-corrected chi connectivity index (χ4v) is 1.90. The van der Waals surface area contributed by atoms with E-state index in [-0.39, 0.29) is 4.75 Å². The summed E-state index contributed by atoms with van der Waals surface area (Å²) in [4.78, 5) is 0. The van der Waals surface area contributed by atoms with E-state index < -0.39 is 11.0 Å². The normalized spacial score (nSPS) is 14.9. The van der Waals surface area contributed by atoms with Crippen molar-refractivity contribution in [1.82, 2.24) is 0 Å². The first-order valence-corrected chi connectivity index (χ1v) is 6.94. The molecule has 88 valence electrons. The lowest BCUT2D eigenvalue weighted by atomic mass is 10.1. The first-order chi connectivity index (χ1) is 7.30. The van der Waals surface area contributed by atoms with Crippen LogP contribution in [0.15, 0.2) is 33.1 Å². The Morgan fingerprint density at radius 2 is 1.75 bits per heavy atom. The van der Waals surface area contributed by atoms with E-state index in [1.807, 2.05) is 52.0 Å². The molecule has 0 unspecified atom stereocenters. The molecule has 0 amide bonds. The maximum atomic E-state index is 11.8. The zero-order valence-corrected chi connectivity index (χ0v) is 12.4. The number of benzene rings is 1. The molecule has 0 fully saturated rings. The second-order valence-corrected chi connectivity index (χ2v) is 7.37. The van der Waals surface area contributed by atoms with Gasteiger partial charge in [-0.05, 0) is 45.4 Å². The number of rotatable bonds is 2. The van der Waals surface area contributed by atoms with Gasteiger partial charge in [-0.15, -0.1) is 0 Å². The molecule has 0 aliphatic carbocycles. The van der Waals surface area contributed by atoms with Gasteiger partial charge < -0.3 is 0 Å². The Balaban J connectivity index is 2.94. The van der Waals surface area contributed by atoms with Gasteiger partial charge in [0, 0.05) is 4.47 Å². The molecular weight excluding hydrogens is 286 g/mol. The van der Waals surface area contributed by atoms with Crippen molar-refractivity contribution < 1.29 is 4.21 Å².